The Morgan fingerprint density at radius 2 is 1.30 bits per heavy atom. The van der Waals surface area contributed by atoms with Crippen LogP contribution in [0.2, 0.25) is 0 Å². The number of carbonyl (C=O) groups excluding carboxylic acids is 11. The number of fused-ring (bicyclic) bond motifs is 1. The summed E-state index contributed by atoms with van der Waals surface area (Å²) in [5, 5.41) is 60.4. The van der Waals surface area contributed by atoms with E-state index in [2.05, 4.69) is 58.2 Å². The van der Waals surface area contributed by atoms with Crippen molar-refractivity contribution in [3.05, 3.63) is 102 Å². The molecule has 3 heterocycles. The first-order valence-corrected chi connectivity index (χ1v) is 34.6. The van der Waals surface area contributed by atoms with Crippen molar-refractivity contribution in [2.24, 2.45) is 5.73 Å². The van der Waals surface area contributed by atoms with E-state index in [-0.39, 0.29) is 99.7 Å². The second-order valence-electron chi connectivity index (χ2n) is 24.0. The lowest BCUT2D eigenvalue weighted by Crippen LogP contribution is -2.63. The molecule has 0 unspecified atom stereocenters. The van der Waals surface area contributed by atoms with Crippen molar-refractivity contribution < 1.29 is 68.1 Å². The number of imide groups is 1. The maximum Gasteiger partial charge on any atom is 0.315 e. The van der Waals surface area contributed by atoms with Gasteiger partial charge in [-0.3, -0.25) is 52.8 Å². The van der Waals surface area contributed by atoms with Crippen molar-refractivity contribution in [2.75, 3.05) is 31.1 Å². The molecule has 0 bridgehead atoms. The number of unbranched alkanes of at least 4 members (excludes halogenated alkanes) is 3. The van der Waals surface area contributed by atoms with Crippen LogP contribution in [0.4, 0.5) is 4.79 Å². The smallest absolute Gasteiger partial charge is 0.315 e. The number of benzene rings is 3. The summed E-state index contributed by atoms with van der Waals surface area (Å²) in [5.74, 6) is -8.45. The Morgan fingerprint density at radius 3 is 1.99 bits per heavy atom. The van der Waals surface area contributed by atoms with E-state index in [1.807, 2.05) is 18.2 Å². The quantitative estimate of drug-likeness (QED) is 0.0250. The summed E-state index contributed by atoms with van der Waals surface area (Å²) < 4.78 is 0. The van der Waals surface area contributed by atoms with Gasteiger partial charge in [-0.05, 0) is 107 Å². The number of aromatic nitrogens is 1. The van der Waals surface area contributed by atoms with Gasteiger partial charge in [0.25, 0.3) is 0 Å². The van der Waals surface area contributed by atoms with E-state index in [9.17, 15) is 58.5 Å². The Kier molecular flexibility index (Phi) is 28.8. The highest BCUT2D eigenvalue weighted by Crippen LogP contribution is 2.25. The monoisotopic (exact) mass is 1340 g/mol. The first-order valence-electron chi connectivity index (χ1n) is 32.2. The van der Waals surface area contributed by atoms with Crippen LogP contribution in [0.25, 0.3) is 10.9 Å². The van der Waals surface area contributed by atoms with Crippen molar-refractivity contribution >= 4 is 97.6 Å². The first-order chi connectivity index (χ1) is 45.2. The van der Waals surface area contributed by atoms with Crippen molar-refractivity contribution in [1.82, 2.24) is 63.1 Å². The number of likely N-dealkylation sites (tertiary alicyclic amines) is 1. The number of urea groups is 1. The van der Waals surface area contributed by atoms with Crippen molar-refractivity contribution in [1.29, 1.82) is 0 Å². The number of aliphatic hydroxyl groups excluding tert-OH is 2. The lowest BCUT2D eigenvalue weighted by Gasteiger charge is -2.29. The van der Waals surface area contributed by atoms with Crippen LogP contribution in [-0.4, -0.2) is 188 Å². The Balaban J connectivity index is 1.23. The van der Waals surface area contributed by atoms with Gasteiger partial charge in [0.1, 0.15) is 54.1 Å². The summed E-state index contributed by atoms with van der Waals surface area (Å²) in [7, 11) is 1.87. The molecular weight excluding hydrogens is 1250 g/mol. The van der Waals surface area contributed by atoms with Crippen LogP contribution < -0.4 is 58.9 Å². The molecule has 1 aliphatic carbocycles. The summed E-state index contributed by atoms with van der Waals surface area (Å²) >= 11 is 0. The number of nitrogens with two attached hydrogens (primary N) is 1. The molecule has 4 aromatic rings. The number of nitrogens with one attached hydrogen (secondary N) is 11. The molecule has 27 nitrogen and oxygen atoms in total. The lowest BCUT2D eigenvalue weighted by atomic mass is 9.96. The second-order valence-corrected chi connectivity index (χ2v) is 26.6. The number of rotatable bonds is 25. The first kappa shape index (κ1) is 73.2. The molecule has 94 heavy (non-hydrogen) atoms. The number of H-pyrrole nitrogens is 1. The van der Waals surface area contributed by atoms with Crippen LogP contribution >= 0.6 is 21.6 Å². The van der Waals surface area contributed by atoms with E-state index in [1.54, 1.807) is 42.6 Å². The molecule has 3 aromatic carbocycles. The van der Waals surface area contributed by atoms with Gasteiger partial charge in [-0.1, -0.05) is 102 Å². The summed E-state index contributed by atoms with van der Waals surface area (Å²) in [5.41, 5.74) is 8.29. The normalized spacial score (nSPS) is 22.1. The summed E-state index contributed by atoms with van der Waals surface area (Å²) in [6.07, 6.45) is 4.88. The zero-order valence-corrected chi connectivity index (χ0v) is 54.6. The van der Waals surface area contributed by atoms with Gasteiger partial charge in [0, 0.05) is 79.8 Å². The molecule has 12 amide bonds. The SMILES string of the molecule is C[C@@H](O)[C@H](NC(=O)[C@@H]1CSSC[C@H](NC(=O)[C@@H](Cc2ccccc2)NC(=O)NC2CCCCC2)C(=O)N[C@@H](Cc2ccc(O)cc2)C(=O)N[C@H](Cc2c[nH]c3ccccc23)C(=O)N[C@@H](CCCCN)C(=O)N[C@@H]([C@@H](C)O)C(=O)N1)C(=O)NCCCCCN1C(=O)CCC1=O. The minimum Gasteiger partial charge on any atom is -0.508 e. The largest absolute Gasteiger partial charge is 0.508 e. The van der Waals surface area contributed by atoms with Gasteiger partial charge < -0.3 is 79.2 Å². The number of phenols is 1. The topological polar surface area (TPSA) is 414 Å². The number of aliphatic hydroxyl groups is 2. The van der Waals surface area contributed by atoms with Gasteiger partial charge in [0.05, 0.1) is 12.2 Å². The van der Waals surface area contributed by atoms with Crippen LogP contribution in [0.5, 0.6) is 5.75 Å². The fourth-order valence-electron chi connectivity index (χ4n) is 11.3. The van der Waals surface area contributed by atoms with E-state index < -0.39 is 114 Å². The third-order valence-corrected chi connectivity index (χ3v) is 19.0. The molecule has 2 saturated heterocycles. The number of carbonyl (C=O) groups is 11. The fraction of sp³-hybridized carbons (Fsp3) is 0.523. The maximum atomic E-state index is 15.2. The van der Waals surface area contributed by atoms with Crippen LogP contribution in [0.15, 0.2) is 85.1 Å². The Morgan fingerprint density at radius 1 is 0.649 bits per heavy atom. The summed E-state index contributed by atoms with van der Waals surface area (Å²) in [6.45, 7) is 3.02. The third-order valence-electron chi connectivity index (χ3n) is 16.6. The number of aromatic hydroxyl groups is 1. The van der Waals surface area contributed by atoms with Crippen LogP contribution in [0, 0.1) is 0 Å². The predicted molar refractivity (Wildman–Crippen MR) is 354 cm³/mol. The Bertz CT molecular complexity index is 3230. The third kappa shape index (κ3) is 22.5. The molecule has 29 heteroatoms. The predicted octanol–water partition coefficient (Wildman–Crippen LogP) is 1.02. The number of aromatic amines is 1. The molecule has 1 saturated carbocycles. The number of nitrogens with zero attached hydrogens (tertiary/aromatic N) is 1. The molecule has 3 fully saturated rings. The molecule has 7 rings (SSSR count). The van der Waals surface area contributed by atoms with E-state index in [1.165, 1.54) is 43.0 Å². The van der Waals surface area contributed by atoms with Crippen molar-refractivity contribution in [3.63, 3.8) is 0 Å². The number of hydrogen-bond donors (Lipinski definition) is 15. The Hall–Kier alpha value is -8.25. The average Bonchev–Trinajstić information content (AvgIpc) is 1.72. The van der Waals surface area contributed by atoms with Crippen LogP contribution in [0.1, 0.15) is 114 Å². The van der Waals surface area contributed by atoms with Gasteiger partial charge in [-0.25, -0.2) is 4.79 Å². The van der Waals surface area contributed by atoms with Crippen LogP contribution in [0.3, 0.4) is 0 Å². The molecule has 1 aromatic heterocycles. The van der Waals surface area contributed by atoms with Gasteiger partial charge in [0.15, 0.2) is 0 Å². The molecule has 0 radical (unpaired) electrons. The van der Waals surface area contributed by atoms with E-state index in [0.29, 0.717) is 53.3 Å². The zero-order chi connectivity index (χ0) is 67.7. The summed E-state index contributed by atoms with van der Waals surface area (Å²) in [4.78, 5) is 160. The maximum absolute atomic E-state index is 15.2. The molecule has 16 N–H and O–H groups in total. The average molecular weight is 1340 g/mol. The van der Waals surface area contributed by atoms with Gasteiger partial charge >= 0.3 is 6.03 Å². The number of hydrogen-bond acceptors (Lipinski definition) is 17. The van der Waals surface area contributed by atoms with Crippen molar-refractivity contribution in [2.45, 2.75) is 183 Å². The molecule has 10 atom stereocenters. The van der Waals surface area contributed by atoms with E-state index in [0.717, 1.165) is 53.7 Å². The summed E-state index contributed by atoms with van der Waals surface area (Å²) in [6, 6.07) is 9.03. The molecule has 3 aliphatic rings. The molecular formula is C65H89N13O14S2. The van der Waals surface area contributed by atoms with Gasteiger partial charge in [0.2, 0.25) is 59.1 Å². The highest BCUT2D eigenvalue weighted by molar-refractivity contribution is 8.76. The molecule has 2 aliphatic heterocycles. The number of para-hydroxylation sites is 1. The standard InChI is InChI=1S/C65H89N13O14S2/c1-38(79)55(63(90)67-30-14-5-15-31-78-53(82)27-28-54(78)83)76-62(89)52-37-94-93-36-51(73-59(86)49(32-40-16-6-3-7-17-40)75-65(92)69-43-18-8-4-9-19-43)61(88)71-48(33-41-23-25-44(81)26-24-41)58(85)72-50(34-42-35-68-46-21-11-10-20-45(42)46)60(87)70-47(22-12-13-29-66)57(84)77-56(39(2)80)64(91)74-52/h3,6-7,10-11,16-17,20-21,23-26,35,38-39,43,47-52,55-56,68,79-81H,4-5,8-9,12-15,18-19,22,27-34,36-37,66H2,1-2H3,(H,67,90)(H,70,87)(H,71,88)(H,72,85)(H,73,86)(H,74,91)(H,76,89)(H,77,84)(H2,69,75,92)/t38-,39-,47+,48+,49-,50-,51+,52+,55+,56+/m1/s1. The van der Waals surface area contributed by atoms with Gasteiger partial charge in [-0.15, -0.1) is 0 Å². The minimum absolute atomic E-state index is 0.0122. The van der Waals surface area contributed by atoms with E-state index in [4.69, 9.17) is 5.73 Å². The highest BCUT2D eigenvalue weighted by Gasteiger charge is 2.38. The van der Waals surface area contributed by atoms with Crippen LogP contribution in [-0.2, 0) is 67.2 Å². The lowest BCUT2D eigenvalue weighted by molar-refractivity contribution is -0.138. The number of phenolic OH excluding ortho intramolecular Hbond substituents is 1. The minimum atomic E-state index is -1.79. The fourth-order valence-corrected chi connectivity index (χ4v) is 13.6. The second kappa shape index (κ2) is 37.0. The van der Waals surface area contributed by atoms with E-state index >= 15 is 9.59 Å². The number of amides is 12. The van der Waals surface area contributed by atoms with Gasteiger partial charge in [-0.2, -0.15) is 0 Å². The highest BCUT2D eigenvalue weighted by atomic mass is 33.1. The zero-order valence-electron chi connectivity index (χ0n) is 53.0. The Labute approximate surface area is 553 Å². The van der Waals surface area contributed by atoms with Crippen molar-refractivity contribution in [3.8, 4) is 5.75 Å². The molecule has 510 valence electrons. The molecule has 0 spiro atoms.